The largest absolute Gasteiger partial charge is 0.354 e. The van der Waals surface area contributed by atoms with E-state index in [4.69, 9.17) is 5.26 Å². The van der Waals surface area contributed by atoms with Gasteiger partial charge in [0.1, 0.15) is 0 Å². The lowest BCUT2D eigenvalue weighted by Gasteiger charge is -2.34. The highest BCUT2D eigenvalue weighted by atomic mass is 16.2. The highest BCUT2D eigenvalue weighted by Gasteiger charge is 2.19. The summed E-state index contributed by atoms with van der Waals surface area (Å²) in [5, 5.41) is 11.2. The number of nitrogens with one attached hydrogen (secondary N) is 1. The third kappa shape index (κ3) is 5.14. The number of nitrogens with zero attached hydrogens (tertiary/aromatic N) is 3. The Morgan fingerprint density at radius 2 is 1.91 bits per heavy atom. The number of carbonyl (C=O) groups is 1. The van der Waals surface area contributed by atoms with Crippen LogP contribution in [-0.4, -0.2) is 55.0 Å². The minimum atomic E-state index is 0.0163. The SMILES string of the molecule is Cc1ccccc1CN1CCN(CC(=O)NCCC#N)CC1. The second kappa shape index (κ2) is 8.52. The Labute approximate surface area is 132 Å². The zero-order chi connectivity index (χ0) is 15.8. The molecule has 1 aliphatic heterocycles. The fourth-order valence-corrected chi connectivity index (χ4v) is 2.65. The van der Waals surface area contributed by atoms with Gasteiger partial charge in [-0.05, 0) is 18.1 Å². The number of hydrogen-bond donors (Lipinski definition) is 1. The predicted octanol–water partition coefficient (Wildman–Crippen LogP) is 1.14. The molecule has 0 aliphatic carbocycles. The lowest BCUT2D eigenvalue weighted by Crippen LogP contribution is -2.49. The molecule has 0 unspecified atom stereocenters. The minimum Gasteiger partial charge on any atom is -0.354 e. The summed E-state index contributed by atoms with van der Waals surface area (Å²) in [5.74, 6) is 0.0163. The van der Waals surface area contributed by atoms with Gasteiger partial charge >= 0.3 is 0 Å². The number of rotatable bonds is 6. The minimum absolute atomic E-state index is 0.0163. The second-order valence-corrected chi connectivity index (χ2v) is 5.74. The van der Waals surface area contributed by atoms with Crippen LogP contribution in [0.5, 0.6) is 0 Å². The van der Waals surface area contributed by atoms with Crippen LogP contribution >= 0.6 is 0 Å². The molecule has 5 heteroatoms. The van der Waals surface area contributed by atoms with E-state index in [2.05, 4.69) is 46.3 Å². The number of piperazine rings is 1. The molecular weight excluding hydrogens is 276 g/mol. The average molecular weight is 300 g/mol. The summed E-state index contributed by atoms with van der Waals surface area (Å²) in [6.07, 6.45) is 0.371. The molecule has 0 radical (unpaired) electrons. The Morgan fingerprint density at radius 3 is 2.59 bits per heavy atom. The van der Waals surface area contributed by atoms with E-state index in [0.717, 1.165) is 32.7 Å². The van der Waals surface area contributed by atoms with Crippen LogP contribution in [0.15, 0.2) is 24.3 Å². The fourth-order valence-electron chi connectivity index (χ4n) is 2.65. The maximum atomic E-state index is 11.7. The molecule has 118 valence electrons. The molecule has 5 nitrogen and oxygen atoms in total. The summed E-state index contributed by atoms with van der Waals surface area (Å²) < 4.78 is 0. The third-order valence-corrected chi connectivity index (χ3v) is 4.05. The molecule has 1 fully saturated rings. The first kappa shape index (κ1) is 16.5. The lowest BCUT2D eigenvalue weighted by atomic mass is 10.1. The van der Waals surface area contributed by atoms with E-state index >= 15 is 0 Å². The van der Waals surface area contributed by atoms with E-state index in [1.807, 2.05) is 6.07 Å². The average Bonchev–Trinajstić information content (AvgIpc) is 2.52. The van der Waals surface area contributed by atoms with Gasteiger partial charge in [-0.1, -0.05) is 24.3 Å². The first-order valence-electron chi connectivity index (χ1n) is 7.82. The van der Waals surface area contributed by atoms with Gasteiger partial charge in [0.2, 0.25) is 5.91 Å². The van der Waals surface area contributed by atoms with E-state index in [1.165, 1.54) is 11.1 Å². The van der Waals surface area contributed by atoms with Gasteiger partial charge in [0, 0.05) is 39.3 Å². The molecule has 1 amide bonds. The van der Waals surface area contributed by atoms with Crippen molar-refractivity contribution in [3.05, 3.63) is 35.4 Å². The molecule has 0 bridgehead atoms. The number of carbonyl (C=O) groups excluding carboxylic acids is 1. The summed E-state index contributed by atoms with van der Waals surface area (Å²) in [6, 6.07) is 10.5. The van der Waals surface area contributed by atoms with Crippen molar-refractivity contribution < 1.29 is 4.79 Å². The molecule has 0 saturated carbocycles. The summed E-state index contributed by atoms with van der Waals surface area (Å²) in [7, 11) is 0. The number of nitriles is 1. The van der Waals surface area contributed by atoms with Crippen LogP contribution in [0.3, 0.4) is 0 Å². The fraction of sp³-hybridized carbons (Fsp3) is 0.529. The van der Waals surface area contributed by atoms with E-state index in [-0.39, 0.29) is 5.91 Å². The summed E-state index contributed by atoms with van der Waals surface area (Å²) in [5.41, 5.74) is 2.71. The van der Waals surface area contributed by atoms with E-state index in [1.54, 1.807) is 0 Å². The van der Waals surface area contributed by atoms with Crippen LogP contribution in [0.4, 0.5) is 0 Å². The number of aryl methyl sites for hydroxylation is 1. The first-order valence-corrected chi connectivity index (χ1v) is 7.82. The Kier molecular flexibility index (Phi) is 6.38. The zero-order valence-corrected chi connectivity index (χ0v) is 13.2. The molecule has 1 aliphatic rings. The number of benzene rings is 1. The molecule has 0 aromatic heterocycles. The molecule has 1 saturated heterocycles. The van der Waals surface area contributed by atoms with Crippen molar-refractivity contribution in [2.45, 2.75) is 19.9 Å². The van der Waals surface area contributed by atoms with Gasteiger partial charge in [0.15, 0.2) is 0 Å². The van der Waals surface area contributed by atoms with E-state index in [0.29, 0.717) is 19.5 Å². The molecule has 1 aromatic carbocycles. The van der Waals surface area contributed by atoms with Crippen molar-refractivity contribution >= 4 is 5.91 Å². The van der Waals surface area contributed by atoms with E-state index < -0.39 is 0 Å². The molecule has 2 rings (SSSR count). The normalized spacial score (nSPS) is 16.2. The van der Waals surface area contributed by atoms with Crippen LogP contribution in [-0.2, 0) is 11.3 Å². The van der Waals surface area contributed by atoms with Gasteiger partial charge < -0.3 is 5.32 Å². The predicted molar refractivity (Wildman–Crippen MR) is 86.1 cm³/mol. The van der Waals surface area contributed by atoms with Gasteiger partial charge in [-0.15, -0.1) is 0 Å². The maximum Gasteiger partial charge on any atom is 0.234 e. The lowest BCUT2D eigenvalue weighted by molar-refractivity contribution is -0.122. The molecule has 1 aromatic rings. The molecule has 0 atom stereocenters. The quantitative estimate of drug-likeness (QED) is 0.801. The smallest absolute Gasteiger partial charge is 0.234 e. The standard InChI is InChI=1S/C17H24N4O/c1-15-5-2-3-6-16(15)13-20-9-11-21(12-10-20)14-17(22)19-8-4-7-18/h2-3,5-6H,4,8-14H2,1H3,(H,19,22). The second-order valence-electron chi connectivity index (χ2n) is 5.74. The Hall–Kier alpha value is -1.90. The Bertz CT molecular complexity index is 530. The first-order chi connectivity index (χ1) is 10.7. The summed E-state index contributed by atoms with van der Waals surface area (Å²) in [4.78, 5) is 16.3. The Morgan fingerprint density at radius 1 is 1.23 bits per heavy atom. The Balaban J connectivity index is 1.71. The van der Waals surface area contributed by atoms with Crippen molar-refractivity contribution in [1.29, 1.82) is 5.26 Å². The monoisotopic (exact) mass is 300 g/mol. The van der Waals surface area contributed by atoms with Crippen molar-refractivity contribution in [2.75, 3.05) is 39.3 Å². The van der Waals surface area contributed by atoms with Gasteiger partial charge in [-0.2, -0.15) is 5.26 Å². The van der Waals surface area contributed by atoms with Crippen LogP contribution in [0.1, 0.15) is 17.5 Å². The van der Waals surface area contributed by atoms with Crippen molar-refractivity contribution in [2.24, 2.45) is 0 Å². The highest BCUT2D eigenvalue weighted by Crippen LogP contribution is 2.12. The van der Waals surface area contributed by atoms with Crippen molar-refractivity contribution in [3.63, 3.8) is 0 Å². The summed E-state index contributed by atoms with van der Waals surface area (Å²) >= 11 is 0. The molecule has 0 spiro atoms. The third-order valence-electron chi connectivity index (χ3n) is 4.05. The van der Waals surface area contributed by atoms with E-state index in [9.17, 15) is 4.79 Å². The topological polar surface area (TPSA) is 59.4 Å². The molecular formula is C17H24N4O. The van der Waals surface area contributed by atoms with Gasteiger partial charge in [0.05, 0.1) is 19.0 Å². The van der Waals surface area contributed by atoms with Gasteiger partial charge in [0.25, 0.3) is 0 Å². The molecule has 22 heavy (non-hydrogen) atoms. The van der Waals surface area contributed by atoms with Crippen LogP contribution in [0.2, 0.25) is 0 Å². The van der Waals surface area contributed by atoms with Crippen LogP contribution in [0, 0.1) is 18.3 Å². The number of amides is 1. The van der Waals surface area contributed by atoms with Crippen LogP contribution < -0.4 is 5.32 Å². The zero-order valence-electron chi connectivity index (χ0n) is 13.2. The van der Waals surface area contributed by atoms with Gasteiger partial charge in [-0.25, -0.2) is 0 Å². The van der Waals surface area contributed by atoms with Crippen molar-refractivity contribution in [1.82, 2.24) is 15.1 Å². The number of hydrogen-bond acceptors (Lipinski definition) is 4. The molecule has 1 N–H and O–H groups in total. The summed E-state index contributed by atoms with van der Waals surface area (Å²) in [6.45, 7) is 7.81. The highest BCUT2D eigenvalue weighted by molar-refractivity contribution is 5.78. The molecule has 1 heterocycles. The van der Waals surface area contributed by atoms with Crippen LogP contribution in [0.25, 0.3) is 0 Å². The van der Waals surface area contributed by atoms with Crippen molar-refractivity contribution in [3.8, 4) is 6.07 Å². The maximum absolute atomic E-state index is 11.7. The van der Waals surface area contributed by atoms with Gasteiger partial charge in [-0.3, -0.25) is 14.6 Å².